The Kier molecular flexibility index (Phi) is 6.01. The third-order valence-corrected chi connectivity index (χ3v) is 5.48. The van der Waals surface area contributed by atoms with Crippen molar-refractivity contribution in [1.29, 1.82) is 0 Å². The number of halogens is 1. The lowest BCUT2D eigenvalue weighted by Gasteiger charge is -2.30. The molecule has 1 aromatic carbocycles. The van der Waals surface area contributed by atoms with Gasteiger partial charge in [0, 0.05) is 31.0 Å². The quantitative estimate of drug-likeness (QED) is 0.725. The van der Waals surface area contributed by atoms with E-state index in [1.165, 1.54) is 17.7 Å². The summed E-state index contributed by atoms with van der Waals surface area (Å²) in [6.07, 6.45) is 4.56. The lowest BCUT2D eigenvalue weighted by molar-refractivity contribution is -0.126. The number of rotatable bonds is 4. The largest absolute Gasteiger partial charge is 0.353 e. The Balaban J connectivity index is 0.00000210. The van der Waals surface area contributed by atoms with Gasteiger partial charge in [-0.05, 0) is 37.8 Å². The van der Waals surface area contributed by atoms with E-state index in [1.54, 1.807) is 12.1 Å². The molecule has 0 aliphatic carbocycles. The van der Waals surface area contributed by atoms with E-state index in [9.17, 15) is 14.4 Å². The van der Waals surface area contributed by atoms with Crippen molar-refractivity contribution in [3.05, 3.63) is 24.3 Å². The van der Waals surface area contributed by atoms with E-state index < -0.39 is 0 Å². The van der Waals surface area contributed by atoms with E-state index in [0.29, 0.717) is 23.5 Å². The minimum absolute atomic E-state index is 0. The van der Waals surface area contributed by atoms with Crippen molar-refractivity contribution in [2.45, 2.75) is 56.7 Å². The standard InChI is InChI=1S/C19H24N4O3.ClH/c24-17(21-14-9-12-5-6-13(10-14)20-12)7-8-19(26)23-11-18(25)22-15-3-1-2-4-16(15)23;/h1-4,12-14,20H,5-11H2,(H,21,24)(H,22,25);1H. The fourth-order valence-corrected chi connectivity index (χ4v) is 4.29. The Hall–Kier alpha value is -2.12. The molecule has 2 atom stereocenters. The molecule has 4 rings (SSSR count). The summed E-state index contributed by atoms with van der Waals surface area (Å²) < 4.78 is 0. The fourth-order valence-electron chi connectivity index (χ4n) is 4.29. The molecule has 27 heavy (non-hydrogen) atoms. The molecule has 0 saturated carbocycles. The van der Waals surface area contributed by atoms with Gasteiger partial charge >= 0.3 is 0 Å². The lowest BCUT2D eigenvalue weighted by Crippen LogP contribution is -2.48. The van der Waals surface area contributed by atoms with Crippen LogP contribution in [-0.4, -0.2) is 42.4 Å². The molecule has 3 heterocycles. The first kappa shape index (κ1) is 19.6. The molecule has 2 fully saturated rings. The minimum Gasteiger partial charge on any atom is -0.353 e. The molecule has 0 radical (unpaired) electrons. The molecule has 2 saturated heterocycles. The number of fused-ring (bicyclic) bond motifs is 3. The van der Waals surface area contributed by atoms with E-state index in [1.807, 2.05) is 12.1 Å². The van der Waals surface area contributed by atoms with Crippen LogP contribution in [0.1, 0.15) is 38.5 Å². The number of anilines is 2. The van der Waals surface area contributed by atoms with Crippen LogP contribution in [0, 0.1) is 0 Å². The molecule has 2 unspecified atom stereocenters. The summed E-state index contributed by atoms with van der Waals surface area (Å²) >= 11 is 0. The van der Waals surface area contributed by atoms with Gasteiger partial charge in [-0.25, -0.2) is 0 Å². The van der Waals surface area contributed by atoms with Crippen LogP contribution < -0.4 is 20.9 Å². The summed E-state index contributed by atoms with van der Waals surface area (Å²) in [5, 5.41) is 9.39. The van der Waals surface area contributed by atoms with Crippen LogP contribution in [0.3, 0.4) is 0 Å². The van der Waals surface area contributed by atoms with Crippen molar-refractivity contribution in [3.8, 4) is 0 Å². The maximum Gasteiger partial charge on any atom is 0.244 e. The average molecular weight is 393 g/mol. The van der Waals surface area contributed by atoms with Gasteiger partial charge in [0.1, 0.15) is 6.54 Å². The van der Waals surface area contributed by atoms with Crippen LogP contribution in [-0.2, 0) is 14.4 Å². The molecule has 3 amide bonds. The number of hydrogen-bond donors (Lipinski definition) is 3. The van der Waals surface area contributed by atoms with Crippen molar-refractivity contribution in [3.63, 3.8) is 0 Å². The zero-order valence-electron chi connectivity index (χ0n) is 15.1. The second kappa shape index (κ2) is 8.27. The van der Waals surface area contributed by atoms with Gasteiger partial charge in [0.2, 0.25) is 17.7 Å². The number of piperidine rings is 1. The molecule has 3 aliphatic rings. The summed E-state index contributed by atoms with van der Waals surface area (Å²) in [6.45, 7) is -0.00484. The zero-order valence-corrected chi connectivity index (χ0v) is 15.9. The normalized spacial score (nSPS) is 25.9. The monoisotopic (exact) mass is 392 g/mol. The highest BCUT2D eigenvalue weighted by Crippen LogP contribution is 2.29. The van der Waals surface area contributed by atoms with E-state index in [4.69, 9.17) is 0 Å². The Morgan fingerprint density at radius 2 is 1.81 bits per heavy atom. The number of carbonyl (C=O) groups excluding carboxylic acids is 3. The maximum atomic E-state index is 12.6. The second-order valence-corrected chi connectivity index (χ2v) is 7.42. The highest BCUT2D eigenvalue weighted by Gasteiger charge is 2.34. The molecule has 7 nitrogen and oxygen atoms in total. The van der Waals surface area contributed by atoms with Crippen LogP contribution in [0.15, 0.2) is 24.3 Å². The molecule has 2 bridgehead atoms. The van der Waals surface area contributed by atoms with Crippen LogP contribution >= 0.6 is 12.4 Å². The Labute approximate surface area is 164 Å². The van der Waals surface area contributed by atoms with Gasteiger partial charge in [-0.3, -0.25) is 14.4 Å². The third-order valence-electron chi connectivity index (χ3n) is 5.48. The van der Waals surface area contributed by atoms with Gasteiger partial charge in [0.25, 0.3) is 0 Å². The van der Waals surface area contributed by atoms with Crippen molar-refractivity contribution >= 4 is 41.5 Å². The Morgan fingerprint density at radius 3 is 2.56 bits per heavy atom. The first-order chi connectivity index (χ1) is 12.6. The van der Waals surface area contributed by atoms with Crippen molar-refractivity contribution in [1.82, 2.24) is 10.6 Å². The van der Waals surface area contributed by atoms with Gasteiger partial charge in [-0.2, -0.15) is 0 Å². The van der Waals surface area contributed by atoms with Crippen LogP contribution in [0.25, 0.3) is 0 Å². The predicted octanol–water partition coefficient (Wildman–Crippen LogP) is 1.57. The molecular formula is C19H25ClN4O3. The summed E-state index contributed by atoms with van der Waals surface area (Å²) in [4.78, 5) is 38.1. The van der Waals surface area contributed by atoms with Gasteiger partial charge in [0.15, 0.2) is 0 Å². The van der Waals surface area contributed by atoms with Gasteiger partial charge in [0.05, 0.1) is 11.4 Å². The second-order valence-electron chi connectivity index (χ2n) is 7.42. The highest BCUT2D eigenvalue weighted by atomic mass is 35.5. The van der Waals surface area contributed by atoms with E-state index >= 15 is 0 Å². The Morgan fingerprint density at radius 1 is 1.11 bits per heavy atom. The number of nitrogens with zero attached hydrogens (tertiary/aromatic N) is 1. The van der Waals surface area contributed by atoms with Crippen molar-refractivity contribution in [2.75, 3.05) is 16.8 Å². The highest BCUT2D eigenvalue weighted by molar-refractivity contribution is 6.10. The molecule has 0 spiro atoms. The molecule has 8 heteroatoms. The molecule has 3 N–H and O–H groups in total. The number of hydrogen-bond acceptors (Lipinski definition) is 4. The predicted molar refractivity (Wildman–Crippen MR) is 105 cm³/mol. The minimum atomic E-state index is -0.216. The van der Waals surface area contributed by atoms with Gasteiger partial charge in [-0.1, -0.05) is 12.1 Å². The summed E-state index contributed by atoms with van der Waals surface area (Å²) in [5.41, 5.74) is 1.32. The zero-order chi connectivity index (χ0) is 18.1. The lowest BCUT2D eigenvalue weighted by atomic mass is 9.99. The van der Waals surface area contributed by atoms with E-state index in [0.717, 1.165) is 12.8 Å². The topological polar surface area (TPSA) is 90.5 Å². The number of amides is 3. The summed E-state index contributed by atoms with van der Waals surface area (Å²) in [6, 6.07) is 8.45. The first-order valence-electron chi connectivity index (χ1n) is 9.33. The van der Waals surface area contributed by atoms with Crippen LogP contribution in [0.4, 0.5) is 11.4 Å². The molecular weight excluding hydrogens is 368 g/mol. The molecule has 0 aromatic heterocycles. The van der Waals surface area contributed by atoms with Gasteiger partial charge in [-0.15, -0.1) is 12.4 Å². The van der Waals surface area contributed by atoms with Crippen LogP contribution in [0.5, 0.6) is 0 Å². The van der Waals surface area contributed by atoms with Gasteiger partial charge < -0.3 is 20.9 Å². The van der Waals surface area contributed by atoms with Crippen LogP contribution in [0.2, 0.25) is 0 Å². The molecule has 1 aromatic rings. The number of benzene rings is 1. The first-order valence-corrected chi connectivity index (χ1v) is 9.33. The SMILES string of the molecule is Cl.O=C1CN(C(=O)CCC(=O)NC2CC3CCC(C2)N3)c2ccccc2N1. The maximum absolute atomic E-state index is 12.6. The summed E-state index contributed by atoms with van der Waals surface area (Å²) in [7, 11) is 0. The average Bonchev–Trinajstić information content (AvgIpc) is 2.97. The van der Waals surface area contributed by atoms with Crippen molar-refractivity contribution in [2.24, 2.45) is 0 Å². The number of para-hydroxylation sites is 2. The van der Waals surface area contributed by atoms with E-state index in [2.05, 4.69) is 16.0 Å². The van der Waals surface area contributed by atoms with E-state index in [-0.39, 0.29) is 55.6 Å². The fraction of sp³-hybridized carbons (Fsp3) is 0.526. The number of nitrogens with one attached hydrogen (secondary N) is 3. The molecule has 146 valence electrons. The smallest absolute Gasteiger partial charge is 0.244 e. The third kappa shape index (κ3) is 4.42. The Bertz CT molecular complexity index is 729. The number of carbonyl (C=O) groups is 3. The molecule has 3 aliphatic heterocycles. The van der Waals surface area contributed by atoms with Crippen molar-refractivity contribution < 1.29 is 14.4 Å². The summed E-state index contributed by atoms with van der Waals surface area (Å²) in [5.74, 6) is -0.501.